The monoisotopic (exact) mass is 220 g/mol. The molecule has 0 aromatic carbocycles. The highest BCUT2D eigenvalue weighted by atomic mass is 19.4. The summed E-state index contributed by atoms with van der Waals surface area (Å²) >= 11 is 0. The smallest absolute Gasteiger partial charge is 0.417 e. The number of alkyl halides is 3. The van der Waals surface area contributed by atoms with Crippen LogP contribution in [0.5, 0.6) is 0 Å². The molecule has 1 aromatic rings. The molecule has 4 nitrogen and oxygen atoms in total. The number of aromatic nitrogens is 1. The number of hydrogen-bond donors (Lipinski definition) is 0. The van der Waals surface area contributed by atoms with Crippen LogP contribution < -0.4 is 10.7 Å². The zero-order valence-corrected chi connectivity index (χ0v) is 7.25. The second-order valence-corrected chi connectivity index (χ2v) is 2.75. The molecule has 0 saturated carbocycles. The number of hydrogen-bond acceptors (Lipinski definition) is 3. The van der Waals surface area contributed by atoms with E-state index in [0.717, 1.165) is 0 Å². The van der Waals surface area contributed by atoms with Gasteiger partial charge in [0.2, 0.25) is 0 Å². The maximum absolute atomic E-state index is 12.2. The van der Waals surface area contributed by atoms with Gasteiger partial charge in [0.1, 0.15) is 0 Å². The number of halogens is 3. The van der Waals surface area contributed by atoms with Crippen molar-refractivity contribution in [2.75, 3.05) is 0 Å². The Morgan fingerprint density at radius 1 is 1.40 bits per heavy atom. The highest BCUT2D eigenvalue weighted by Crippen LogP contribution is 2.27. The summed E-state index contributed by atoms with van der Waals surface area (Å²) in [5.74, 6) is -1.63. The van der Waals surface area contributed by atoms with Crippen LogP contribution in [0.2, 0.25) is 0 Å². The molecule has 0 amide bonds. The number of rotatable bonds is 2. The maximum atomic E-state index is 12.2. The van der Waals surface area contributed by atoms with E-state index in [1.54, 1.807) is 0 Å². The summed E-state index contributed by atoms with van der Waals surface area (Å²) in [4.78, 5) is 21.1. The average molecular weight is 220 g/mol. The lowest BCUT2D eigenvalue weighted by Gasteiger charge is -2.10. The lowest BCUT2D eigenvalue weighted by atomic mass is 10.3. The number of nitrogens with zero attached hydrogens (tertiary/aromatic N) is 1. The lowest BCUT2D eigenvalue weighted by Crippen LogP contribution is -2.32. The van der Waals surface area contributed by atoms with Gasteiger partial charge in [-0.25, -0.2) is 0 Å². The fourth-order valence-electron chi connectivity index (χ4n) is 0.962. The van der Waals surface area contributed by atoms with Gasteiger partial charge in [0.05, 0.1) is 18.1 Å². The minimum Gasteiger partial charge on any atom is -0.548 e. The topological polar surface area (TPSA) is 62.1 Å². The molecule has 82 valence electrons. The van der Waals surface area contributed by atoms with E-state index in [-0.39, 0.29) is 0 Å². The highest BCUT2D eigenvalue weighted by Gasteiger charge is 2.30. The van der Waals surface area contributed by atoms with Gasteiger partial charge in [-0.1, -0.05) is 0 Å². The van der Waals surface area contributed by atoms with Crippen LogP contribution in [0, 0.1) is 0 Å². The van der Waals surface area contributed by atoms with E-state index in [0.29, 0.717) is 22.9 Å². The summed E-state index contributed by atoms with van der Waals surface area (Å²) in [7, 11) is 0. The van der Waals surface area contributed by atoms with Gasteiger partial charge in [-0.15, -0.1) is 0 Å². The van der Waals surface area contributed by atoms with Crippen molar-refractivity contribution < 1.29 is 23.1 Å². The standard InChI is InChI=1S/C8H6F3NO3/c9-8(10,11)5-1-2-6(13)12(3-5)4-7(14)15/h1-3H,4H2,(H,14,15)/p-1. The zero-order chi connectivity index (χ0) is 11.6. The molecule has 15 heavy (non-hydrogen) atoms. The van der Waals surface area contributed by atoms with Gasteiger partial charge in [0.25, 0.3) is 5.56 Å². The van der Waals surface area contributed by atoms with E-state index < -0.39 is 29.8 Å². The van der Waals surface area contributed by atoms with Crippen LogP contribution in [0.4, 0.5) is 13.2 Å². The number of carbonyl (C=O) groups is 1. The summed E-state index contributed by atoms with van der Waals surface area (Å²) in [5.41, 5.74) is -1.91. The SMILES string of the molecule is O=C([O-])Cn1cc(C(F)(F)F)ccc1=O. The van der Waals surface area contributed by atoms with E-state index in [1.165, 1.54) is 0 Å². The molecule has 1 heterocycles. The molecule has 0 aliphatic heterocycles. The summed E-state index contributed by atoms with van der Waals surface area (Å²) in [6.07, 6.45) is -4.17. The molecule has 0 aliphatic rings. The number of aliphatic carboxylic acids is 1. The predicted molar refractivity (Wildman–Crippen MR) is 40.7 cm³/mol. The molecule has 0 N–H and O–H groups in total. The van der Waals surface area contributed by atoms with Gasteiger partial charge in [-0.2, -0.15) is 13.2 Å². The molecule has 0 atom stereocenters. The molecular formula is C8H5F3NO3-. The molecule has 7 heteroatoms. The predicted octanol–water partition coefficient (Wildman–Crippen LogP) is -0.383. The minimum absolute atomic E-state index is 0.429. The quantitative estimate of drug-likeness (QED) is 0.682. The van der Waals surface area contributed by atoms with E-state index in [4.69, 9.17) is 0 Å². The molecule has 0 unspecified atom stereocenters. The van der Waals surface area contributed by atoms with Gasteiger partial charge >= 0.3 is 6.18 Å². The van der Waals surface area contributed by atoms with Crippen molar-refractivity contribution in [1.82, 2.24) is 4.57 Å². The lowest BCUT2D eigenvalue weighted by molar-refractivity contribution is -0.306. The highest BCUT2D eigenvalue weighted by molar-refractivity contribution is 5.64. The molecule has 0 spiro atoms. The van der Waals surface area contributed by atoms with Gasteiger partial charge < -0.3 is 14.5 Å². The second kappa shape index (κ2) is 3.76. The van der Waals surface area contributed by atoms with Crippen LogP contribution in [-0.2, 0) is 17.5 Å². The van der Waals surface area contributed by atoms with Crippen molar-refractivity contribution >= 4 is 5.97 Å². The largest absolute Gasteiger partial charge is 0.548 e. The molecule has 0 bridgehead atoms. The Labute approximate surface area is 81.6 Å². The van der Waals surface area contributed by atoms with Crippen molar-refractivity contribution in [3.63, 3.8) is 0 Å². The third-order valence-electron chi connectivity index (χ3n) is 1.61. The summed E-state index contributed by atoms with van der Waals surface area (Å²) in [5, 5.41) is 10.1. The van der Waals surface area contributed by atoms with Crippen molar-refractivity contribution in [1.29, 1.82) is 0 Å². The van der Waals surface area contributed by atoms with Gasteiger partial charge in [0.15, 0.2) is 0 Å². The fraction of sp³-hybridized carbons (Fsp3) is 0.250. The third kappa shape index (κ3) is 2.83. The Kier molecular flexibility index (Phi) is 2.83. The Balaban J connectivity index is 3.17. The number of carboxylic acid groups (broad SMARTS) is 1. The number of carbonyl (C=O) groups excluding carboxylic acids is 1. The minimum atomic E-state index is -4.61. The van der Waals surface area contributed by atoms with Gasteiger partial charge in [0, 0.05) is 12.3 Å². The van der Waals surface area contributed by atoms with Crippen molar-refractivity contribution in [2.24, 2.45) is 0 Å². The first kappa shape index (κ1) is 11.3. The first-order valence-corrected chi connectivity index (χ1v) is 3.78. The molecule has 0 radical (unpaired) electrons. The normalized spacial score (nSPS) is 11.4. The molecule has 0 saturated heterocycles. The summed E-state index contributed by atoms with van der Waals surface area (Å²) in [6.45, 7) is -0.900. The Bertz CT molecular complexity index is 435. The van der Waals surface area contributed by atoms with Crippen LogP contribution in [-0.4, -0.2) is 10.5 Å². The van der Waals surface area contributed by atoms with Crippen molar-refractivity contribution in [3.05, 3.63) is 34.2 Å². The zero-order valence-electron chi connectivity index (χ0n) is 7.25. The van der Waals surface area contributed by atoms with Gasteiger partial charge in [-0.3, -0.25) is 4.79 Å². The first-order chi connectivity index (χ1) is 6.80. The Morgan fingerprint density at radius 2 is 2.00 bits per heavy atom. The van der Waals surface area contributed by atoms with Crippen LogP contribution >= 0.6 is 0 Å². The fourth-order valence-corrected chi connectivity index (χ4v) is 0.962. The Hall–Kier alpha value is -1.79. The first-order valence-electron chi connectivity index (χ1n) is 3.78. The third-order valence-corrected chi connectivity index (χ3v) is 1.61. The molecule has 0 aliphatic carbocycles. The van der Waals surface area contributed by atoms with E-state index in [9.17, 15) is 27.9 Å². The maximum Gasteiger partial charge on any atom is 0.417 e. The van der Waals surface area contributed by atoms with Gasteiger partial charge in [-0.05, 0) is 6.07 Å². The summed E-state index contributed by atoms with van der Waals surface area (Å²) < 4.78 is 36.9. The van der Waals surface area contributed by atoms with Crippen LogP contribution in [0.25, 0.3) is 0 Å². The second-order valence-electron chi connectivity index (χ2n) is 2.75. The molecule has 1 aromatic heterocycles. The molecular weight excluding hydrogens is 215 g/mol. The molecule has 0 fully saturated rings. The van der Waals surface area contributed by atoms with E-state index in [2.05, 4.69) is 0 Å². The van der Waals surface area contributed by atoms with Crippen LogP contribution in [0.3, 0.4) is 0 Å². The van der Waals surface area contributed by atoms with Crippen LogP contribution in [0.15, 0.2) is 23.1 Å². The number of pyridine rings is 1. The Morgan fingerprint density at radius 3 is 2.47 bits per heavy atom. The van der Waals surface area contributed by atoms with Crippen molar-refractivity contribution in [2.45, 2.75) is 12.7 Å². The number of carboxylic acids is 1. The van der Waals surface area contributed by atoms with Crippen LogP contribution in [0.1, 0.15) is 5.56 Å². The van der Waals surface area contributed by atoms with E-state index in [1.807, 2.05) is 0 Å². The molecule has 1 rings (SSSR count). The van der Waals surface area contributed by atoms with E-state index >= 15 is 0 Å². The van der Waals surface area contributed by atoms with Crippen molar-refractivity contribution in [3.8, 4) is 0 Å². The average Bonchev–Trinajstić information content (AvgIpc) is 2.06. The summed E-state index contributed by atoms with van der Waals surface area (Å²) in [6, 6.07) is 1.25.